The molecular formula is C30H34FNO3. The highest BCUT2D eigenvalue weighted by Gasteiger charge is 2.35. The highest BCUT2D eigenvalue weighted by Crippen LogP contribution is 2.27. The van der Waals surface area contributed by atoms with E-state index < -0.39 is 18.1 Å². The summed E-state index contributed by atoms with van der Waals surface area (Å²) >= 11 is 0. The van der Waals surface area contributed by atoms with Gasteiger partial charge in [0.05, 0.1) is 6.10 Å². The molecule has 0 aliphatic carbocycles. The lowest BCUT2D eigenvalue weighted by atomic mass is 9.96. The van der Waals surface area contributed by atoms with Crippen molar-refractivity contribution in [1.82, 2.24) is 4.90 Å². The number of hydrogen-bond acceptors (Lipinski definition) is 3. The monoisotopic (exact) mass is 475 g/mol. The van der Waals surface area contributed by atoms with Crippen LogP contribution in [0.4, 0.5) is 4.39 Å². The number of aliphatic hydroxyl groups excluding tert-OH is 1. The lowest BCUT2D eigenvalue weighted by Crippen LogP contribution is -2.52. The third-order valence-corrected chi connectivity index (χ3v) is 6.31. The quantitative estimate of drug-likeness (QED) is 0.405. The van der Waals surface area contributed by atoms with Crippen LogP contribution in [0.15, 0.2) is 66.7 Å². The predicted octanol–water partition coefficient (Wildman–Crippen LogP) is 6.41. The Morgan fingerprint density at radius 3 is 2.43 bits per heavy atom. The van der Waals surface area contributed by atoms with Crippen LogP contribution >= 0.6 is 0 Å². The Morgan fingerprint density at radius 2 is 1.74 bits per heavy atom. The van der Waals surface area contributed by atoms with Crippen molar-refractivity contribution in [2.45, 2.75) is 52.3 Å². The van der Waals surface area contributed by atoms with E-state index in [4.69, 9.17) is 0 Å². The van der Waals surface area contributed by atoms with E-state index in [2.05, 4.69) is 25.1 Å². The topological polar surface area (TPSA) is 60.8 Å². The molecule has 2 atom stereocenters. The summed E-state index contributed by atoms with van der Waals surface area (Å²) in [6, 6.07) is 20.3. The molecule has 1 aliphatic rings. The summed E-state index contributed by atoms with van der Waals surface area (Å²) in [6.45, 7) is 6.91. The van der Waals surface area contributed by atoms with Crippen molar-refractivity contribution in [3.8, 4) is 11.1 Å². The Morgan fingerprint density at radius 1 is 1.03 bits per heavy atom. The minimum Gasteiger partial charge on any atom is -0.480 e. The maximum Gasteiger partial charge on any atom is 0.323 e. The Balaban J connectivity index is 0.00000167. The molecule has 0 bridgehead atoms. The van der Waals surface area contributed by atoms with E-state index in [1.54, 1.807) is 17.0 Å². The molecule has 3 aromatic carbocycles. The first kappa shape index (κ1) is 26.3. The normalized spacial score (nSPS) is 18.2. The number of benzene rings is 3. The number of halogens is 1. The van der Waals surface area contributed by atoms with Crippen molar-refractivity contribution >= 4 is 18.1 Å². The highest BCUT2D eigenvalue weighted by atomic mass is 19.1. The summed E-state index contributed by atoms with van der Waals surface area (Å²) < 4.78 is 14.8. The number of carbonyl (C=O) groups is 1. The predicted molar refractivity (Wildman–Crippen MR) is 140 cm³/mol. The van der Waals surface area contributed by atoms with Gasteiger partial charge in [0, 0.05) is 12.1 Å². The number of hydrogen-bond donors (Lipinski definition) is 2. The smallest absolute Gasteiger partial charge is 0.323 e. The summed E-state index contributed by atoms with van der Waals surface area (Å²) in [6.07, 6.45) is 3.96. The molecule has 4 nitrogen and oxygen atoms in total. The molecule has 184 valence electrons. The van der Waals surface area contributed by atoms with E-state index in [1.165, 1.54) is 6.07 Å². The minimum atomic E-state index is -1.05. The summed E-state index contributed by atoms with van der Waals surface area (Å²) in [5, 5.41) is 19.5. The maximum absolute atomic E-state index is 14.8. The van der Waals surface area contributed by atoms with Gasteiger partial charge in [0.2, 0.25) is 0 Å². The zero-order valence-electron chi connectivity index (χ0n) is 20.6. The van der Waals surface area contributed by atoms with Crippen LogP contribution in [0.1, 0.15) is 48.9 Å². The molecule has 0 aromatic heterocycles. The van der Waals surface area contributed by atoms with E-state index in [0.29, 0.717) is 24.1 Å². The van der Waals surface area contributed by atoms with Crippen molar-refractivity contribution in [3.63, 3.8) is 0 Å². The van der Waals surface area contributed by atoms with Crippen LogP contribution < -0.4 is 0 Å². The molecule has 2 N–H and O–H groups in total. The van der Waals surface area contributed by atoms with Crippen LogP contribution in [0.3, 0.4) is 0 Å². The van der Waals surface area contributed by atoms with E-state index >= 15 is 0 Å². The van der Waals surface area contributed by atoms with Crippen molar-refractivity contribution in [2.75, 3.05) is 6.54 Å². The lowest BCUT2D eigenvalue weighted by Gasteiger charge is -2.36. The zero-order valence-corrected chi connectivity index (χ0v) is 20.6. The fourth-order valence-corrected chi connectivity index (χ4v) is 4.52. The molecule has 35 heavy (non-hydrogen) atoms. The van der Waals surface area contributed by atoms with Gasteiger partial charge in [-0.3, -0.25) is 9.69 Å². The van der Waals surface area contributed by atoms with Crippen molar-refractivity contribution in [2.24, 2.45) is 0 Å². The molecule has 1 saturated heterocycles. The highest BCUT2D eigenvalue weighted by molar-refractivity contribution is 5.77. The number of rotatable bonds is 6. The van der Waals surface area contributed by atoms with Gasteiger partial charge in [-0.15, -0.1) is 0 Å². The Kier molecular flexibility index (Phi) is 9.35. The molecule has 1 aliphatic heterocycles. The number of carboxylic acids is 1. The van der Waals surface area contributed by atoms with E-state index in [-0.39, 0.29) is 12.4 Å². The SMILES string of the molecule is CC.Cc1c(/C=C/c2ccc(CN3CCCC(O)C3C(=O)O)cc2F)cccc1-c1ccccc1. The average molecular weight is 476 g/mol. The summed E-state index contributed by atoms with van der Waals surface area (Å²) in [7, 11) is 0. The molecule has 0 amide bonds. The maximum atomic E-state index is 14.8. The van der Waals surface area contributed by atoms with Crippen LogP contribution in [0.5, 0.6) is 0 Å². The lowest BCUT2D eigenvalue weighted by molar-refractivity contribution is -0.150. The third kappa shape index (κ3) is 6.44. The van der Waals surface area contributed by atoms with Gasteiger partial charge < -0.3 is 10.2 Å². The van der Waals surface area contributed by atoms with Crippen LogP contribution in [0, 0.1) is 12.7 Å². The standard InChI is InChI=1S/C28H28FNO3.C2H6/c1-19-21(9-5-10-24(19)22-7-3-2-4-8-22)14-15-23-13-12-20(17-25(23)29)18-30-16-6-11-26(31)27(30)28(32)33;1-2/h2-5,7-10,12-15,17,26-27,31H,6,11,16,18H2,1H3,(H,32,33);1-2H3/b15-14+;. The van der Waals surface area contributed by atoms with Crippen LogP contribution in [0.2, 0.25) is 0 Å². The van der Waals surface area contributed by atoms with Gasteiger partial charge >= 0.3 is 5.97 Å². The minimum absolute atomic E-state index is 0.285. The van der Waals surface area contributed by atoms with Gasteiger partial charge in [0.25, 0.3) is 0 Å². The fraction of sp³-hybridized carbons (Fsp3) is 0.300. The molecular weight excluding hydrogens is 441 g/mol. The summed E-state index contributed by atoms with van der Waals surface area (Å²) in [5.41, 5.74) is 5.59. The second-order valence-corrected chi connectivity index (χ2v) is 8.54. The second kappa shape index (κ2) is 12.4. The van der Waals surface area contributed by atoms with Crippen LogP contribution in [0.25, 0.3) is 23.3 Å². The third-order valence-electron chi connectivity index (χ3n) is 6.31. The van der Waals surface area contributed by atoms with Gasteiger partial charge in [0.1, 0.15) is 11.9 Å². The van der Waals surface area contributed by atoms with Gasteiger partial charge in [-0.05, 0) is 60.2 Å². The second-order valence-electron chi connectivity index (χ2n) is 8.54. The molecule has 3 aromatic rings. The molecule has 1 heterocycles. The van der Waals surface area contributed by atoms with Gasteiger partial charge in [-0.1, -0.05) is 86.7 Å². The molecule has 0 saturated carbocycles. The van der Waals surface area contributed by atoms with Crippen LogP contribution in [-0.2, 0) is 11.3 Å². The largest absolute Gasteiger partial charge is 0.480 e. The van der Waals surface area contributed by atoms with Crippen LogP contribution in [-0.4, -0.2) is 39.8 Å². The van der Waals surface area contributed by atoms with E-state index in [0.717, 1.165) is 28.7 Å². The first-order chi connectivity index (χ1) is 16.9. The number of carboxylic acid groups (broad SMARTS) is 1. The van der Waals surface area contributed by atoms with E-state index in [9.17, 15) is 19.4 Å². The average Bonchev–Trinajstić information content (AvgIpc) is 2.86. The summed E-state index contributed by atoms with van der Waals surface area (Å²) in [5.74, 6) is -1.40. The Hall–Kier alpha value is -3.28. The summed E-state index contributed by atoms with van der Waals surface area (Å²) in [4.78, 5) is 13.3. The molecule has 5 heteroatoms. The van der Waals surface area contributed by atoms with Gasteiger partial charge in [-0.25, -0.2) is 4.39 Å². The van der Waals surface area contributed by atoms with Gasteiger partial charge in [0.15, 0.2) is 0 Å². The molecule has 4 rings (SSSR count). The number of likely N-dealkylation sites (tertiary alicyclic amines) is 1. The molecule has 2 unspecified atom stereocenters. The molecule has 0 spiro atoms. The zero-order chi connectivity index (χ0) is 25.4. The van der Waals surface area contributed by atoms with Gasteiger partial charge in [-0.2, -0.15) is 0 Å². The molecule has 1 fully saturated rings. The van der Waals surface area contributed by atoms with Crippen molar-refractivity contribution in [3.05, 3.63) is 94.8 Å². The Bertz CT molecular complexity index is 1160. The fourth-order valence-electron chi connectivity index (χ4n) is 4.52. The molecule has 0 radical (unpaired) electrons. The Labute approximate surface area is 207 Å². The number of aliphatic carboxylic acids is 1. The van der Waals surface area contributed by atoms with E-state index in [1.807, 2.05) is 56.3 Å². The van der Waals surface area contributed by atoms with Crippen molar-refractivity contribution < 1.29 is 19.4 Å². The first-order valence-electron chi connectivity index (χ1n) is 12.2. The number of piperidine rings is 1. The number of aliphatic hydroxyl groups is 1. The first-order valence-corrected chi connectivity index (χ1v) is 12.2. The number of nitrogens with zero attached hydrogens (tertiary/aromatic N) is 1. The van der Waals surface area contributed by atoms with Crippen molar-refractivity contribution in [1.29, 1.82) is 0 Å².